The summed E-state index contributed by atoms with van der Waals surface area (Å²) in [6.45, 7) is 4.06. The molecular weight excluding hydrogens is 418 g/mol. The predicted molar refractivity (Wildman–Crippen MR) is 131 cm³/mol. The van der Waals surface area contributed by atoms with Crippen LogP contribution in [0.1, 0.15) is 59.6 Å². The van der Waals surface area contributed by atoms with E-state index in [1.807, 2.05) is 43.5 Å². The van der Waals surface area contributed by atoms with Gasteiger partial charge in [0.1, 0.15) is 11.6 Å². The second-order valence-electron chi connectivity index (χ2n) is 7.65. The first kappa shape index (κ1) is 23.6. The van der Waals surface area contributed by atoms with Gasteiger partial charge in [-0.1, -0.05) is 43.4 Å². The highest BCUT2D eigenvalue weighted by Gasteiger charge is 2.09. The Morgan fingerprint density at radius 1 is 0.781 bits per heavy atom. The fourth-order valence-corrected chi connectivity index (χ4v) is 3.71. The Balaban J connectivity index is 1.76. The van der Waals surface area contributed by atoms with E-state index >= 15 is 0 Å². The largest absolute Gasteiger partial charge is 0.206 e. The van der Waals surface area contributed by atoms with Gasteiger partial charge in [-0.05, 0) is 91.7 Å². The van der Waals surface area contributed by atoms with Crippen LogP contribution < -0.4 is 0 Å². The Kier molecular flexibility index (Phi) is 8.55. The predicted octanol–water partition coefficient (Wildman–Crippen LogP) is 7.53. The van der Waals surface area contributed by atoms with Gasteiger partial charge in [-0.3, -0.25) is 0 Å². The fraction of sp³-hybridized carbons (Fsp3) is 0.241. The highest BCUT2D eigenvalue weighted by Crippen LogP contribution is 2.18. The molecule has 0 atom stereocenters. The highest BCUT2D eigenvalue weighted by molar-refractivity contribution is 7.98. The summed E-state index contributed by atoms with van der Waals surface area (Å²) in [5.41, 5.74) is 4.02. The van der Waals surface area contributed by atoms with Crippen LogP contribution in [0.3, 0.4) is 0 Å². The monoisotopic (exact) mass is 444 g/mol. The normalized spacial score (nSPS) is 10.2. The van der Waals surface area contributed by atoms with Gasteiger partial charge in [0.2, 0.25) is 0 Å². The van der Waals surface area contributed by atoms with Crippen molar-refractivity contribution in [2.45, 2.75) is 44.4 Å². The summed E-state index contributed by atoms with van der Waals surface area (Å²) in [7, 11) is 0. The van der Waals surface area contributed by atoms with E-state index in [0.29, 0.717) is 17.5 Å². The van der Waals surface area contributed by atoms with E-state index in [0.717, 1.165) is 36.0 Å². The molecule has 0 aliphatic carbocycles. The lowest BCUT2D eigenvalue weighted by atomic mass is 10.0. The zero-order chi connectivity index (χ0) is 22.9. The lowest BCUT2D eigenvalue weighted by Gasteiger charge is -2.04. The van der Waals surface area contributed by atoms with E-state index in [-0.39, 0.29) is 5.56 Å². The quantitative estimate of drug-likeness (QED) is 0.223. The number of benzene rings is 3. The van der Waals surface area contributed by atoms with Crippen LogP contribution in [0.15, 0.2) is 59.5 Å². The third-order valence-corrected chi connectivity index (χ3v) is 5.90. The minimum absolute atomic E-state index is 0.181. The maximum absolute atomic E-state index is 14.4. The van der Waals surface area contributed by atoms with Crippen molar-refractivity contribution in [2.75, 3.05) is 6.26 Å². The van der Waals surface area contributed by atoms with E-state index in [1.165, 1.54) is 17.0 Å². The van der Waals surface area contributed by atoms with Crippen molar-refractivity contribution >= 4 is 11.8 Å². The van der Waals surface area contributed by atoms with Crippen molar-refractivity contribution in [3.63, 3.8) is 0 Å². The first-order valence-electron chi connectivity index (χ1n) is 10.8. The Bertz CT molecular complexity index is 1180. The molecule has 0 spiro atoms. The minimum atomic E-state index is -0.601. The molecule has 0 nitrogen and oxygen atoms in total. The van der Waals surface area contributed by atoms with Gasteiger partial charge in [0.15, 0.2) is 0 Å². The maximum atomic E-state index is 14.4. The number of thioether (sulfide) groups is 1. The average molecular weight is 445 g/mol. The van der Waals surface area contributed by atoms with Crippen LogP contribution in [0.2, 0.25) is 0 Å². The van der Waals surface area contributed by atoms with Gasteiger partial charge >= 0.3 is 0 Å². The maximum Gasteiger partial charge on any atom is 0.142 e. The standard InChI is InChI=1S/C29H26F2S/c1-4-5-6-7-24-19-28(30)27(29(31)20-24)17-12-23-9-14-25(21(2)18-23)13-8-22-10-15-26(32-3)16-11-22/h9-11,14-16,18-20H,4-7H2,1-3H3. The molecule has 0 fully saturated rings. The van der Waals surface area contributed by atoms with Gasteiger partial charge < -0.3 is 0 Å². The number of hydrogen-bond acceptors (Lipinski definition) is 1. The van der Waals surface area contributed by atoms with Crippen LogP contribution in [-0.4, -0.2) is 6.26 Å². The third kappa shape index (κ3) is 6.49. The van der Waals surface area contributed by atoms with Crippen molar-refractivity contribution in [2.24, 2.45) is 0 Å². The SMILES string of the molecule is CCCCCc1cc(F)c(C#Cc2ccc(C#Cc3ccc(SC)cc3)c(C)c2)c(F)c1. The number of hydrogen-bond donors (Lipinski definition) is 0. The van der Waals surface area contributed by atoms with Crippen molar-refractivity contribution < 1.29 is 8.78 Å². The Morgan fingerprint density at radius 3 is 2.06 bits per heavy atom. The van der Waals surface area contributed by atoms with Gasteiger partial charge in [0, 0.05) is 21.6 Å². The molecule has 0 saturated carbocycles. The summed E-state index contributed by atoms with van der Waals surface area (Å²) in [5, 5.41) is 0. The Morgan fingerprint density at radius 2 is 1.44 bits per heavy atom. The van der Waals surface area contributed by atoms with Gasteiger partial charge in [0.05, 0.1) is 5.56 Å². The number of rotatable bonds is 5. The molecule has 0 aromatic heterocycles. The third-order valence-electron chi connectivity index (χ3n) is 5.16. The Hall–Kier alpha value is -3.01. The summed E-state index contributed by atoms with van der Waals surface area (Å²) in [5.74, 6) is 10.7. The summed E-state index contributed by atoms with van der Waals surface area (Å²) >= 11 is 1.70. The zero-order valence-corrected chi connectivity index (χ0v) is 19.5. The molecule has 3 aromatic carbocycles. The minimum Gasteiger partial charge on any atom is -0.206 e. The average Bonchev–Trinajstić information content (AvgIpc) is 2.78. The fourth-order valence-electron chi connectivity index (χ4n) is 3.30. The zero-order valence-electron chi connectivity index (χ0n) is 18.7. The molecule has 0 amide bonds. The summed E-state index contributed by atoms with van der Waals surface area (Å²) in [6, 6.07) is 16.5. The molecule has 0 N–H and O–H groups in total. The number of unbranched alkanes of at least 4 members (excludes halogenated alkanes) is 2. The van der Waals surface area contributed by atoms with Gasteiger partial charge in [0.25, 0.3) is 0 Å². The molecule has 32 heavy (non-hydrogen) atoms. The first-order valence-corrected chi connectivity index (χ1v) is 12.0. The van der Waals surface area contributed by atoms with E-state index < -0.39 is 11.6 Å². The van der Waals surface area contributed by atoms with Crippen molar-refractivity contribution in [3.05, 3.63) is 99.6 Å². The molecular formula is C29H26F2S. The molecule has 3 aromatic rings. The summed E-state index contributed by atoms with van der Waals surface area (Å²) in [4.78, 5) is 1.20. The Labute approximate surface area is 194 Å². The summed E-state index contributed by atoms with van der Waals surface area (Å²) < 4.78 is 28.8. The van der Waals surface area contributed by atoms with Crippen LogP contribution >= 0.6 is 11.8 Å². The second kappa shape index (κ2) is 11.6. The van der Waals surface area contributed by atoms with E-state index in [2.05, 4.69) is 42.7 Å². The highest BCUT2D eigenvalue weighted by atomic mass is 32.2. The molecule has 0 heterocycles. The molecule has 3 rings (SSSR count). The van der Waals surface area contributed by atoms with Crippen LogP contribution in [0.5, 0.6) is 0 Å². The molecule has 0 radical (unpaired) electrons. The van der Waals surface area contributed by atoms with Crippen molar-refractivity contribution in [1.29, 1.82) is 0 Å². The lowest BCUT2D eigenvalue weighted by Crippen LogP contribution is -1.95. The van der Waals surface area contributed by atoms with Crippen LogP contribution in [0, 0.1) is 42.2 Å². The molecule has 0 aliphatic heterocycles. The lowest BCUT2D eigenvalue weighted by molar-refractivity contribution is 0.572. The molecule has 0 unspecified atom stereocenters. The van der Waals surface area contributed by atoms with Gasteiger partial charge in [-0.15, -0.1) is 11.8 Å². The number of halogens is 2. The molecule has 3 heteroatoms. The van der Waals surface area contributed by atoms with E-state index in [4.69, 9.17) is 0 Å². The number of aryl methyl sites for hydroxylation is 2. The summed E-state index contributed by atoms with van der Waals surface area (Å²) in [6.07, 6.45) is 5.77. The molecule has 0 saturated heterocycles. The molecule has 162 valence electrons. The van der Waals surface area contributed by atoms with Crippen LogP contribution in [0.25, 0.3) is 0 Å². The van der Waals surface area contributed by atoms with Crippen molar-refractivity contribution in [3.8, 4) is 23.7 Å². The van der Waals surface area contributed by atoms with E-state index in [1.54, 1.807) is 11.8 Å². The van der Waals surface area contributed by atoms with Crippen LogP contribution in [-0.2, 0) is 6.42 Å². The van der Waals surface area contributed by atoms with Gasteiger partial charge in [-0.25, -0.2) is 8.78 Å². The van der Waals surface area contributed by atoms with E-state index in [9.17, 15) is 8.78 Å². The smallest absolute Gasteiger partial charge is 0.142 e. The van der Waals surface area contributed by atoms with Gasteiger partial charge in [-0.2, -0.15) is 0 Å². The topological polar surface area (TPSA) is 0 Å². The second-order valence-corrected chi connectivity index (χ2v) is 8.53. The molecule has 0 bridgehead atoms. The first-order chi connectivity index (χ1) is 15.5. The van der Waals surface area contributed by atoms with Crippen LogP contribution in [0.4, 0.5) is 8.78 Å². The van der Waals surface area contributed by atoms with Crippen molar-refractivity contribution in [1.82, 2.24) is 0 Å². The molecule has 0 aliphatic rings.